The van der Waals surface area contributed by atoms with Gasteiger partial charge in [-0.05, 0) is 12.1 Å². The van der Waals surface area contributed by atoms with Crippen LogP contribution in [0.1, 0.15) is 6.42 Å². The highest BCUT2D eigenvalue weighted by molar-refractivity contribution is 5.85. The van der Waals surface area contributed by atoms with Gasteiger partial charge in [-0.1, -0.05) is 12.1 Å². The van der Waals surface area contributed by atoms with Crippen molar-refractivity contribution in [1.29, 1.82) is 0 Å². The Labute approximate surface area is 110 Å². The van der Waals surface area contributed by atoms with E-state index >= 15 is 0 Å². The number of methoxy groups -OCH3 is 1. The van der Waals surface area contributed by atoms with Crippen molar-refractivity contribution in [3.63, 3.8) is 0 Å². The number of aliphatic carboxylic acids is 1. The average Bonchev–Trinajstić information content (AvgIpc) is 2.72. The topological polar surface area (TPSA) is 73.6 Å². The van der Waals surface area contributed by atoms with E-state index in [0.717, 1.165) is 10.9 Å². The van der Waals surface area contributed by atoms with Crippen molar-refractivity contribution in [3.05, 3.63) is 24.3 Å². The third-order valence-electron chi connectivity index (χ3n) is 2.84. The number of aryl methyl sites for hydroxylation is 1. The SMILES string of the molecule is COCCC(Oc1nn(C)c2ccccc12)C(=O)O. The Bertz CT molecular complexity index is 579. The molecule has 0 bridgehead atoms. The smallest absolute Gasteiger partial charge is 0.345 e. The van der Waals surface area contributed by atoms with E-state index in [1.807, 2.05) is 24.3 Å². The molecule has 0 aliphatic heterocycles. The molecule has 1 atom stereocenters. The summed E-state index contributed by atoms with van der Waals surface area (Å²) in [5, 5.41) is 14.1. The first-order chi connectivity index (χ1) is 9.13. The summed E-state index contributed by atoms with van der Waals surface area (Å²) in [4.78, 5) is 11.1. The fraction of sp³-hybridized carbons (Fsp3) is 0.385. The highest BCUT2D eigenvalue weighted by Crippen LogP contribution is 2.25. The first-order valence-corrected chi connectivity index (χ1v) is 5.93. The average molecular weight is 264 g/mol. The molecule has 0 saturated carbocycles. The van der Waals surface area contributed by atoms with Gasteiger partial charge in [0.25, 0.3) is 0 Å². The van der Waals surface area contributed by atoms with Crippen molar-refractivity contribution in [2.75, 3.05) is 13.7 Å². The molecular formula is C13H16N2O4. The van der Waals surface area contributed by atoms with Gasteiger partial charge in [-0.25, -0.2) is 4.79 Å². The summed E-state index contributed by atoms with van der Waals surface area (Å²) in [6, 6.07) is 7.52. The van der Waals surface area contributed by atoms with E-state index in [2.05, 4.69) is 5.10 Å². The van der Waals surface area contributed by atoms with E-state index in [1.165, 1.54) is 7.11 Å². The van der Waals surface area contributed by atoms with Gasteiger partial charge < -0.3 is 14.6 Å². The van der Waals surface area contributed by atoms with E-state index in [-0.39, 0.29) is 6.42 Å². The summed E-state index contributed by atoms with van der Waals surface area (Å²) in [7, 11) is 3.31. The summed E-state index contributed by atoms with van der Waals surface area (Å²) < 4.78 is 12.1. The Morgan fingerprint density at radius 1 is 1.47 bits per heavy atom. The van der Waals surface area contributed by atoms with E-state index in [0.29, 0.717) is 12.5 Å². The minimum Gasteiger partial charge on any atom is -0.479 e. The molecule has 1 aromatic carbocycles. The summed E-state index contributed by atoms with van der Waals surface area (Å²) in [6.07, 6.45) is -0.685. The predicted octanol–water partition coefficient (Wildman–Crippen LogP) is 1.44. The molecule has 0 amide bonds. The van der Waals surface area contributed by atoms with Crippen LogP contribution < -0.4 is 4.74 Å². The van der Waals surface area contributed by atoms with E-state index in [9.17, 15) is 4.79 Å². The molecule has 2 rings (SSSR count). The van der Waals surface area contributed by atoms with Gasteiger partial charge in [0.15, 0.2) is 6.10 Å². The lowest BCUT2D eigenvalue weighted by Crippen LogP contribution is -2.28. The molecule has 0 fully saturated rings. The highest BCUT2D eigenvalue weighted by atomic mass is 16.5. The van der Waals surface area contributed by atoms with Crippen molar-refractivity contribution in [1.82, 2.24) is 9.78 Å². The Morgan fingerprint density at radius 3 is 2.89 bits per heavy atom. The second-order valence-electron chi connectivity index (χ2n) is 4.17. The van der Waals surface area contributed by atoms with Crippen LogP contribution in [-0.2, 0) is 16.6 Å². The maximum absolute atomic E-state index is 11.1. The van der Waals surface area contributed by atoms with Gasteiger partial charge in [-0.15, -0.1) is 5.10 Å². The first kappa shape index (κ1) is 13.4. The molecule has 1 heterocycles. The minimum absolute atomic E-state index is 0.275. The summed E-state index contributed by atoms with van der Waals surface area (Å²) in [6.45, 7) is 0.321. The molecule has 0 radical (unpaired) electrons. The van der Waals surface area contributed by atoms with Crippen LogP contribution in [0.15, 0.2) is 24.3 Å². The van der Waals surface area contributed by atoms with Crippen LogP contribution >= 0.6 is 0 Å². The molecule has 0 saturated heterocycles. The van der Waals surface area contributed by atoms with Gasteiger partial charge >= 0.3 is 5.97 Å². The van der Waals surface area contributed by atoms with Gasteiger partial charge in [-0.2, -0.15) is 0 Å². The third-order valence-corrected chi connectivity index (χ3v) is 2.84. The van der Waals surface area contributed by atoms with E-state index < -0.39 is 12.1 Å². The number of hydrogen-bond acceptors (Lipinski definition) is 4. The lowest BCUT2D eigenvalue weighted by molar-refractivity contribution is -0.146. The first-order valence-electron chi connectivity index (χ1n) is 5.93. The number of carboxylic acid groups (broad SMARTS) is 1. The quantitative estimate of drug-likeness (QED) is 0.854. The van der Waals surface area contributed by atoms with Gasteiger partial charge in [0.05, 0.1) is 17.5 Å². The van der Waals surface area contributed by atoms with Crippen LogP contribution in [-0.4, -0.2) is 40.7 Å². The van der Waals surface area contributed by atoms with Crippen LogP contribution in [0.2, 0.25) is 0 Å². The van der Waals surface area contributed by atoms with Crippen LogP contribution in [0.5, 0.6) is 5.88 Å². The van der Waals surface area contributed by atoms with E-state index in [4.69, 9.17) is 14.6 Å². The number of aromatic nitrogens is 2. The fourth-order valence-electron chi connectivity index (χ4n) is 1.86. The third kappa shape index (κ3) is 2.85. The molecule has 1 unspecified atom stereocenters. The number of para-hydroxylation sites is 1. The maximum Gasteiger partial charge on any atom is 0.345 e. The van der Waals surface area contributed by atoms with Crippen molar-refractivity contribution in [2.24, 2.45) is 7.05 Å². The molecular weight excluding hydrogens is 248 g/mol. The largest absolute Gasteiger partial charge is 0.479 e. The minimum atomic E-state index is -1.02. The molecule has 102 valence electrons. The lowest BCUT2D eigenvalue weighted by atomic mass is 10.2. The number of nitrogens with zero attached hydrogens (tertiary/aromatic N) is 2. The number of hydrogen-bond donors (Lipinski definition) is 1. The fourth-order valence-corrected chi connectivity index (χ4v) is 1.86. The van der Waals surface area contributed by atoms with Crippen molar-refractivity contribution in [2.45, 2.75) is 12.5 Å². The molecule has 1 aromatic heterocycles. The predicted molar refractivity (Wildman–Crippen MR) is 69.3 cm³/mol. The van der Waals surface area contributed by atoms with Gasteiger partial charge in [0.2, 0.25) is 5.88 Å². The number of ether oxygens (including phenoxy) is 2. The second kappa shape index (κ2) is 5.71. The van der Waals surface area contributed by atoms with Crippen LogP contribution in [0.25, 0.3) is 10.9 Å². The van der Waals surface area contributed by atoms with Crippen LogP contribution in [0.3, 0.4) is 0 Å². The molecule has 19 heavy (non-hydrogen) atoms. The Hall–Kier alpha value is -2.08. The summed E-state index contributed by atoms with van der Waals surface area (Å²) in [5.41, 5.74) is 0.897. The molecule has 0 aliphatic carbocycles. The Kier molecular flexibility index (Phi) is 4.01. The second-order valence-corrected chi connectivity index (χ2v) is 4.17. The van der Waals surface area contributed by atoms with Crippen molar-refractivity contribution in [3.8, 4) is 5.88 Å². The maximum atomic E-state index is 11.1. The molecule has 0 aliphatic rings. The molecule has 0 spiro atoms. The summed E-state index contributed by atoms with van der Waals surface area (Å²) in [5.74, 6) is -0.687. The zero-order chi connectivity index (χ0) is 13.8. The highest BCUT2D eigenvalue weighted by Gasteiger charge is 2.22. The molecule has 6 heteroatoms. The normalized spacial score (nSPS) is 12.5. The molecule has 2 aromatic rings. The zero-order valence-corrected chi connectivity index (χ0v) is 10.9. The number of carboxylic acids is 1. The monoisotopic (exact) mass is 264 g/mol. The van der Waals surface area contributed by atoms with Crippen molar-refractivity contribution < 1.29 is 19.4 Å². The lowest BCUT2D eigenvalue weighted by Gasteiger charge is -2.12. The molecule has 6 nitrogen and oxygen atoms in total. The number of carbonyl (C=O) groups is 1. The van der Waals surface area contributed by atoms with Crippen LogP contribution in [0, 0.1) is 0 Å². The van der Waals surface area contributed by atoms with Crippen LogP contribution in [0.4, 0.5) is 0 Å². The summed E-state index contributed by atoms with van der Waals surface area (Å²) >= 11 is 0. The Balaban J connectivity index is 2.26. The van der Waals surface area contributed by atoms with Gasteiger partial charge in [0.1, 0.15) is 0 Å². The van der Waals surface area contributed by atoms with Crippen molar-refractivity contribution >= 4 is 16.9 Å². The number of rotatable bonds is 6. The Morgan fingerprint density at radius 2 is 2.21 bits per heavy atom. The standard InChI is InChI=1S/C13H16N2O4/c1-15-10-6-4-3-5-9(10)12(14-15)19-11(13(16)17)7-8-18-2/h3-6,11H,7-8H2,1-2H3,(H,16,17). The zero-order valence-electron chi connectivity index (χ0n) is 10.9. The van der Waals surface area contributed by atoms with Gasteiger partial charge in [0, 0.05) is 20.6 Å². The van der Waals surface area contributed by atoms with E-state index in [1.54, 1.807) is 11.7 Å². The number of benzene rings is 1. The molecule has 1 N–H and O–H groups in total. The van der Waals surface area contributed by atoms with Gasteiger partial charge in [-0.3, -0.25) is 4.68 Å². The number of fused-ring (bicyclic) bond motifs is 1.